The SMILES string of the molecule is Cc1c(O)cc2c(c1C)N(c1nccs1)CC1(CCC1)C2. The summed E-state index contributed by atoms with van der Waals surface area (Å²) in [5, 5.41) is 13.3. The Bertz CT molecular complexity index is 689. The molecule has 2 aromatic rings. The van der Waals surface area contributed by atoms with E-state index in [0.717, 1.165) is 23.7 Å². The number of thiazole rings is 1. The van der Waals surface area contributed by atoms with Crippen molar-refractivity contribution in [1.29, 1.82) is 0 Å². The van der Waals surface area contributed by atoms with E-state index < -0.39 is 0 Å². The van der Waals surface area contributed by atoms with E-state index in [1.807, 2.05) is 24.6 Å². The molecule has 1 saturated carbocycles. The summed E-state index contributed by atoms with van der Waals surface area (Å²) >= 11 is 1.70. The maximum absolute atomic E-state index is 10.2. The molecular weight excluding hydrogens is 280 g/mol. The van der Waals surface area contributed by atoms with Gasteiger partial charge in [0.15, 0.2) is 5.13 Å². The lowest BCUT2D eigenvalue weighted by Crippen LogP contribution is -2.46. The number of nitrogens with zero attached hydrogens (tertiary/aromatic N) is 2. The molecule has 1 spiro atoms. The molecule has 0 amide bonds. The molecule has 1 N–H and O–H groups in total. The summed E-state index contributed by atoms with van der Waals surface area (Å²) < 4.78 is 0. The van der Waals surface area contributed by atoms with Crippen molar-refractivity contribution in [2.45, 2.75) is 39.5 Å². The Morgan fingerprint density at radius 1 is 1.29 bits per heavy atom. The van der Waals surface area contributed by atoms with Crippen LogP contribution in [0, 0.1) is 19.3 Å². The Labute approximate surface area is 129 Å². The minimum Gasteiger partial charge on any atom is -0.508 e. The Hall–Kier alpha value is -1.55. The monoisotopic (exact) mass is 300 g/mol. The third kappa shape index (κ3) is 1.89. The Morgan fingerprint density at radius 2 is 2.10 bits per heavy atom. The quantitative estimate of drug-likeness (QED) is 0.851. The fourth-order valence-corrected chi connectivity index (χ4v) is 4.51. The van der Waals surface area contributed by atoms with Gasteiger partial charge in [0.2, 0.25) is 0 Å². The number of benzene rings is 1. The van der Waals surface area contributed by atoms with E-state index in [0.29, 0.717) is 11.2 Å². The molecule has 110 valence electrons. The smallest absolute Gasteiger partial charge is 0.189 e. The molecule has 0 radical (unpaired) electrons. The van der Waals surface area contributed by atoms with E-state index >= 15 is 0 Å². The summed E-state index contributed by atoms with van der Waals surface area (Å²) in [5.41, 5.74) is 5.14. The lowest BCUT2D eigenvalue weighted by Gasteiger charge is -2.50. The van der Waals surface area contributed by atoms with Crippen molar-refractivity contribution in [3.63, 3.8) is 0 Å². The van der Waals surface area contributed by atoms with Gasteiger partial charge in [0, 0.05) is 23.8 Å². The first-order valence-corrected chi connectivity index (χ1v) is 8.47. The molecule has 0 unspecified atom stereocenters. The first kappa shape index (κ1) is 13.1. The van der Waals surface area contributed by atoms with E-state index in [9.17, 15) is 5.11 Å². The van der Waals surface area contributed by atoms with Crippen molar-refractivity contribution in [1.82, 2.24) is 4.98 Å². The van der Waals surface area contributed by atoms with Crippen molar-refractivity contribution in [2.75, 3.05) is 11.4 Å². The molecule has 0 bridgehead atoms. The number of fused-ring (bicyclic) bond motifs is 1. The average molecular weight is 300 g/mol. The number of phenols is 1. The normalized spacial score (nSPS) is 19.4. The van der Waals surface area contributed by atoms with Crippen LogP contribution in [0.25, 0.3) is 0 Å². The molecule has 1 aromatic heterocycles. The lowest BCUT2D eigenvalue weighted by molar-refractivity contribution is 0.138. The second-order valence-corrected chi connectivity index (χ2v) is 7.46. The zero-order chi connectivity index (χ0) is 14.6. The van der Waals surface area contributed by atoms with E-state index in [4.69, 9.17) is 0 Å². The van der Waals surface area contributed by atoms with Gasteiger partial charge in [-0.1, -0.05) is 6.42 Å². The standard InChI is InChI=1S/C17H20N2OS/c1-11-12(2)15-13(8-14(11)20)9-17(4-3-5-17)10-19(15)16-18-6-7-21-16/h6-8,20H,3-5,9-10H2,1-2H3. The van der Waals surface area contributed by atoms with Crippen LogP contribution in [-0.2, 0) is 6.42 Å². The van der Waals surface area contributed by atoms with Gasteiger partial charge in [-0.2, -0.15) is 0 Å². The number of aromatic hydroxyl groups is 1. The summed E-state index contributed by atoms with van der Waals surface area (Å²) in [6, 6.07) is 1.98. The fraction of sp³-hybridized carbons (Fsp3) is 0.471. The lowest BCUT2D eigenvalue weighted by atomic mass is 9.63. The van der Waals surface area contributed by atoms with Crippen LogP contribution in [0.2, 0.25) is 0 Å². The van der Waals surface area contributed by atoms with Gasteiger partial charge in [-0.15, -0.1) is 11.3 Å². The molecular formula is C17H20N2OS. The summed E-state index contributed by atoms with van der Waals surface area (Å²) in [6.45, 7) is 5.19. The predicted octanol–water partition coefficient (Wildman–Crippen LogP) is 4.33. The van der Waals surface area contributed by atoms with Crippen LogP contribution in [0.15, 0.2) is 17.6 Å². The number of hydrogen-bond acceptors (Lipinski definition) is 4. The molecule has 2 heterocycles. The van der Waals surface area contributed by atoms with Crippen LogP contribution in [-0.4, -0.2) is 16.6 Å². The van der Waals surface area contributed by atoms with Crippen LogP contribution in [0.5, 0.6) is 5.75 Å². The molecule has 1 aliphatic heterocycles. The highest BCUT2D eigenvalue weighted by molar-refractivity contribution is 7.13. The Morgan fingerprint density at radius 3 is 2.71 bits per heavy atom. The zero-order valence-electron chi connectivity index (χ0n) is 12.5. The molecule has 1 aliphatic carbocycles. The average Bonchev–Trinajstić information content (AvgIpc) is 2.96. The number of phenolic OH excluding ortho intramolecular Hbond substituents is 1. The van der Waals surface area contributed by atoms with E-state index in [1.54, 1.807) is 11.3 Å². The minimum absolute atomic E-state index is 0.396. The van der Waals surface area contributed by atoms with Gasteiger partial charge < -0.3 is 10.0 Å². The largest absolute Gasteiger partial charge is 0.508 e. The van der Waals surface area contributed by atoms with Gasteiger partial charge in [-0.05, 0) is 61.3 Å². The molecule has 21 heavy (non-hydrogen) atoms. The summed E-state index contributed by atoms with van der Waals surface area (Å²) in [5.74, 6) is 0.432. The molecule has 0 atom stereocenters. The van der Waals surface area contributed by atoms with Crippen molar-refractivity contribution in [3.8, 4) is 5.75 Å². The van der Waals surface area contributed by atoms with Gasteiger partial charge in [-0.3, -0.25) is 0 Å². The summed E-state index contributed by atoms with van der Waals surface area (Å²) in [6.07, 6.45) is 6.89. The van der Waals surface area contributed by atoms with Crippen LogP contribution < -0.4 is 4.90 Å². The second kappa shape index (κ2) is 4.47. The van der Waals surface area contributed by atoms with Gasteiger partial charge in [0.1, 0.15) is 5.75 Å². The van der Waals surface area contributed by atoms with Gasteiger partial charge in [0.05, 0.1) is 0 Å². The third-order valence-corrected chi connectivity index (χ3v) is 6.10. The number of anilines is 2. The number of rotatable bonds is 1. The Balaban J connectivity index is 1.90. The molecule has 3 nitrogen and oxygen atoms in total. The Kier molecular flexibility index (Phi) is 2.80. The predicted molar refractivity (Wildman–Crippen MR) is 86.7 cm³/mol. The summed E-state index contributed by atoms with van der Waals surface area (Å²) in [7, 11) is 0. The van der Waals surface area contributed by atoms with Crippen molar-refractivity contribution in [3.05, 3.63) is 34.3 Å². The third-order valence-electron chi connectivity index (χ3n) is 5.31. The van der Waals surface area contributed by atoms with E-state index in [-0.39, 0.29) is 0 Å². The van der Waals surface area contributed by atoms with E-state index in [2.05, 4.69) is 16.8 Å². The molecule has 1 aromatic carbocycles. The molecule has 2 aliphatic rings. The van der Waals surface area contributed by atoms with Crippen LogP contribution in [0.3, 0.4) is 0 Å². The highest BCUT2D eigenvalue weighted by atomic mass is 32.1. The van der Waals surface area contributed by atoms with Gasteiger partial charge >= 0.3 is 0 Å². The van der Waals surface area contributed by atoms with Gasteiger partial charge in [0.25, 0.3) is 0 Å². The van der Waals surface area contributed by atoms with Crippen molar-refractivity contribution in [2.24, 2.45) is 5.41 Å². The molecule has 4 rings (SSSR count). The number of aromatic nitrogens is 1. The maximum Gasteiger partial charge on any atom is 0.189 e. The summed E-state index contributed by atoms with van der Waals surface area (Å²) in [4.78, 5) is 6.93. The molecule has 4 heteroatoms. The number of hydrogen-bond donors (Lipinski definition) is 1. The van der Waals surface area contributed by atoms with Crippen molar-refractivity contribution < 1.29 is 5.11 Å². The van der Waals surface area contributed by atoms with Crippen LogP contribution >= 0.6 is 11.3 Å². The second-order valence-electron chi connectivity index (χ2n) is 6.58. The van der Waals surface area contributed by atoms with Crippen molar-refractivity contribution >= 4 is 22.2 Å². The maximum atomic E-state index is 10.2. The highest BCUT2D eigenvalue weighted by Crippen LogP contribution is 2.53. The van der Waals surface area contributed by atoms with Crippen LogP contribution in [0.1, 0.15) is 36.0 Å². The van der Waals surface area contributed by atoms with E-state index in [1.165, 1.54) is 36.1 Å². The molecule has 1 fully saturated rings. The van der Waals surface area contributed by atoms with Crippen LogP contribution in [0.4, 0.5) is 10.8 Å². The minimum atomic E-state index is 0.396. The highest BCUT2D eigenvalue weighted by Gasteiger charge is 2.44. The topological polar surface area (TPSA) is 36.4 Å². The fourth-order valence-electron chi connectivity index (χ4n) is 3.86. The first-order chi connectivity index (χ1) is 10.1. The van der Waals surface area contributed by atoms with Gasteiger partial charge in [-0.25, -0.2) is 4.98 Å². The molecule has 0 saturated heterocycles. The zero-order valence-corrected chi connectivity index (χ0v) is 13.3. The first-order valence-electron chi connectivity index (χ1n) is 7.59.